The Labute approximate surface area is 350 Å². The van der Waals surface area contributed by atoms with Crippen molar-refractivity contribution in [3.05, 3.63) is 167 Å². The van der Waals surface area contributed by atoms with Crippen molar-refractivity contribution in [1.29, 1.82) is 0 Å². The summed E-state index contributed by atoms with van der Waals surface area (Å²) in [5.74, 6) is 0.902. The second-order valence-corrected chi connectivity index (χ2v) is 19.9. The van der Waals surface area contributed by atoms with Crippen LogP contribution >= 0.6 is 0 Å². The number of hydrogen-bond acceptors (Lipinski definition) is 3. The molecule has 0 radical (unpaired) electrons. The molecule has 4 nitrogen and oxygen atoms in total. The van der Waals surface area contributed by atoms with Crippen LogP contribution < -0.4 is 0 Å². The first kappa shape index (κ1) is 39.8. The van der Waals surface area contributed by atoms with E-state index in [0.717, 1.165) is 55.4 Å². The highest BCUT2D eigenvalue weighted by molar-refractivity contribution is 5.99. The molecule has 0 unspecified atom stereocenters. The van der Waals surface area contributed by atoms with Crippen molar-refractivity contribution in [2.75, 3.05) is 0 Å². The molecule has 8 rings (SSSR count). The lowest BCUT2D eigenvalue weighted by molar-refractivity contribution is 0.475. The van der Waals surface area contributed by atoms with E-state index in [1.807, 2.05) is 24.4 Å². The largest absolute Gasteiger partial charge is 0.507 e. The van der Waals surface area contributed by atoms with Crippen molar-refractivity contribution in [2.24, 2.45) is 0 Å². The molecule has 59 heavy (non-hydrogen) atoms. The third-order valence-electron chi connectivity index (χ3n) is 12.1. The van der Waals surface area contributed by atoms with Gasteiger partial charge in [-0.2, -0.15) is 0 Å². The predicted molar refractivity (Wildman–Crippen MR) is 249 cm³/mol. The summed E-state index contributed by atoms with van der Waals surface area (Å²) in [4.78, 5) is 10.5. The molecule has 0 fully saturated rings. The Morgan fingerprint density at radius 2 is 1.05 bits per heavy atom. The number of phenolic OH excluding ortho intramolecular Hbond substituents is 1. The van der Waals surface area contributed by atoms with E-state index in [0.29, 0.717) is 11.4 Å². The molecule has 0 aliphatic rings. The van der Waals surface area contributed by atoms with Gasteiger partial charge in [0.05, 0.1) is 22.1 Å². The summed E-state index contributed by atoms with van der Waals surface area (Å²) in [5.41, 5.74) is 14.4. The second kappa shape index (κ2) is 14.4. The summed E-state index contributed by atoms with van der Waals surface area (Å²) in [6, 6.07) is 47.9. The van der Waals surface area contributed by atoms with E-state index in [1.54, 1.807) is 0 Å². The number of aromatic hydroxyl groups is 1. The Morgan fingerprint density at radius 1 is 0.458 bits per heavy atom. The van der Waals surface area contributed by atoms with Gasteiger partial charge < -0.3 is 5.11 Å². The van der Waals surface area contributed by atoms with Crippen LogP contribution in [0.5, 0.6) is 5.75 Å². The molecule has 2 heterocycles. The molecule has 0 spiro atoms. The molecule has 8 aromatic rings. The van der Waals surface area contributed by atoms with Crippen LogP contribution in [-0.4, -0.2) is 19.6 Å². The summed E-state index contributed by atoms with van der Waals surface area (Å²) < 4.78 is 2.26. The minimum atomic E-state index is -0.345. The maximum Gasteiger partial charge on any atom is 0.149 e. The van der Waals surface area contributed by atoms with E-state index in [9.17, 15) is 5.11 Å². The van der Waals surface area contributed by atoms with Gasteiger partial charge in [-0.25, -0.2) is 4.98 Å². The number of rotatable bonds is 6. The molecule has 1 N–H and O–H groups in total. The molecule has 4 heteroatoms. The number of pyridine rings is 1. The number of imidazole rings is 1. The van der Waals surface area contributed by atoms with Crippen molar-refractivity contribution in [1.82, 2.24) is 14.5 Å². The first-order valence-corrected chi connectivity index (χ1v) is 20.9. The van der Waals surface area contributed by atoms with Crippen LogP contribution in [0.2, 0.25) is 0 Å². The van der Waals surface area contributed by atoms with E-state index >= 15 is 0 Å². The van der Waals surface area contributed by atoms with Gasteiger partial charge in [0.15, 0.2) is 0 Å². The fraction of sp³-hybridized carbons (Fsp3) is 0.273. The molecule has 0 atom stereocenters. The number of benzene rings is 6. The van der Waals surface area contributed by atoms with E-state index in [-0.39, 0.29) is 27.4 Å². The molecule has 0 bridgehead atoms. The van der Waals surface area contributed by atoms with E-state index in [4.69, 9.17) is 9.97 Å². The molecule has 0 aliphatic carbocycles. The van der Waals surface area contributed by atoms with Gasteiger partial charge in [0.1, 0.15) is 11.6 Å². The van der Waals surface area contributed by atoms with Crippen molar-refractivity contribution in [3.8, 4) is 45.1 Å². The number of nitrogens with zero attached hydrogens (tertiary/aromatic N) is 3. The van der Waals surface area contributed by atoms with Gasteiger partial charge in [-0.05, 0) is 116 Å². The summed E-state index contributed by atoms with van der Waals surface area (Å²) >= 11 is 0. The Kier molecular flexibility index (Phi) is 9.70. The van der Waals surface area contributed by atoms with Crippen molar-refractivity contribution in [2.45, 2.75) is 97.8 Å². The smallest absolute Gasteiger partial charge is 0.149 e. The van der Waals surface area contributed by atoms with E-state index in [2.05, 4.69) is 196 Å². The Bertz CT molecular complexity index is 2840. The lowest BCUT2D eigenvalue weighted by atomic mass is 9.77. The number of aromatic nitrogens is 3. The van der Waals surface area contributed by atoms with Gasteiger partial charge in [-0.3, -0.25) is 9.55 Å². The summed E-state index contributed by atoms with van der Waals surface area (Å²) in [6.45, 7) is 24.7. The fourth-order valence-corrected chi connectivity index (χ4v) is 8.21. The molecular formula is C55H57N3O. The van der Waals surface area contributed by atoms with Crippen molar-refractivity contribution in [3.63, 3.8) is 0 Å². The van der Waals surface area contributed by atoms with E-state index < -0.39 is 0 Å². The van der Waals surface area contributed by atoms with Crippen molar-refractivity contribution < 1.29 is 5.11 Å². The van der Waals surface area contributed by atoms with E-state index in [1.165, 1.54) is 22.3 Å². The normalized spacial score (nSPS) is 12.7. The standard InChI is InChI=1S/C55H57N3O/c1-52(2,3)38-22-25-43(26-23-38)58-47-34-42(55(10,11)39-20-13-12-14-21-39)33-45(50(47)57-51(58)46-31-40(53(4,5)6)24-27-48(46)59)36-18-15-17-35(29-36)44-32-41(54(7,8)9)30-37-19-16-28-56-49(37)44/h12-34,59H,1-11H3. The zero-order valence-electron chi connectivity index (χ0n) is 36.6. The van der Waals surface area contributed by atoms with Crippen LogP contribution in [0.4, 0.5) is 0 Å². The maximum absolute atomic E-state index is 11.7. The summed E-state index contributed by atoms with van der Waals surface area (Å²) in [7, 11) is 0. The number of hydrogen-bond donors (Lipinski definition) is 1. The van der Waals surface area contributed by atoms with Crippen molar-refractivity contribution >= 4 is 21.9 Å². The van der Waals surface area contributed by atoms with Crippen LogP contribution in [0.25, 0.3) is 61.3 Å². The molecular weight excluding hydrogens is 719 g/mol. The SMILES string of the molecule is CC(C)(C)c1ccc(-n2c(-c3cc(C(C)(C)C)ccc3O)nc3c(-c4cccc(-c5cc(C(C)(C)C)cc6cccnc56)c4)cc(C(C)(C)c4ccccc4)cc32)cc1. The summed E-state index contributed by atoms with van der Waals surface area (Å²) in [6.07, 6.45) is 1.89. The highest BCUT2D eigenvalue weighted by Gasteiger charge is 2.29. The van der Waals surface area contributed by atoms with Gasteiger partial charge in [-0.15, -0.1) is 0 Å². The Morgan fingerprint density at radius 3 is 1.69 bits per heavy atom. The average Bonchev–Trinajstić information content (AvgIpc) is 3.59. The maximum atomic E-state index is 11.7. The van der Waals surface area contributed by atoms with Crippen LogP contribution in [0.15, 0.2) is 140 Å². The van der Waals surface area contributed by atoms with Gasteiger partial charge in [0.2, 0.25) is 0 Å². The monoisotopic (exact) mass is 775 g/mol. The van der Waals surface area contributed by atoms with Gasteiger partial charge in [0.25, 0.3) is 0 Å². The number of fused-ring (bicyclic) bond motifs is 2. The quantitative estimate of drug-likeness (QED) is 0.183. The average molecular weight is 776 g/mol. The highest BCUT2D eigenvalue weighted by Crippen LogP contribution is 2.44. The number of phenols is 1. The summed E-state index contributed by atoms with van der Waals surface area (Å²) in [5, 5.41) is 12.8. The van der Waals surface area contributed by atoms with Crippen LogP contribution in [0, 0.1) is 0 Å². The third-order valence-corrected chi connectivity index (χ3v) is 12.1. The molecule has 2 aromatic heterocycles. The van der Waals surface area contributed by atoms with Gasteiger partial charge in [0, 0.05) is 33.8 Å². The molecule has 298 valence electrons. The lowest BCUT2D eigenvalue weighted by Gasteiger charge is -2.27. The fourth-order valence-electron chi connectivity index (χ4n) is 8.21. The van der Waals surface area contributed by atoms with Gasteiger partial charge in [-0.1, -0.05) is 149 Å². The first-order valence-electron chi connectivity index (χ1n) is 20.9. The minimum Gasteiger partial charge on any atom is -0.507 e. The van der Waals surface area contributed by atoms with Crippen LogP contribution in [0.1, 0.15) is 104 Å². The zero-order chi connectivity index (χ0) is 42.1. The third kappa shape index (κ3) is 7.46. The predicted octanol–water partition coefficient (Wildman–Crippen LogP) is 14.5. The van der Waals surface area contributed by atoms with Crippen LogP contribution in [0.3, 0.4) is 0 Å². The highest BCUT2D eigenvalue weighted by atomic mass is 16.3. The minimum absolute atomic E-state index is 0.00399. The Hall–Kier alpha value is -6.00. The lowest BCUT2D eigenvalue weighted by Crippen LogP contribution is -2.19. The molecule has 6 aromatic carbocycles. The molecule has 0 saturated carbocycles. The Balaban J connectivity index is 1.46. The first-order chi connectivity index (χ1) is 27.8. The van der Waals surface area contributed by atoms with Gasteiger partial charge >= 0.3 is 0 Å². The second-order valence-electron chi connectivity index (χ2n) is 19.9. The zero-order valence-corrected chi connectivity index (χ0v) is 36.6. The molecule has 0 saturated heterocycles. The van der Waals surface area contributed by atoms with Crippen LogP contribution in [-0.2, 0) is 21.7 Å². The molecule has 0 aliphatic heterocycles. The topological polar surface area (TPSA) is 50.9 Å². The molecule has 0 amide bonds.